The van der Waals surface area contributed by atoms with Gasteiger partial charge in [0.2, 0.25) is 0 Å². The zero-order valence-corrected chi connectivity index (χ0v) is 10.8. The van der Waals surface area contributed by atoms with E-state index in [9.17, 15) is 5.11 Å². The molecule has 0 spiro atoms. The Morgan fingerprint density at radius 3 is 2.31 bits per heavy atom. The topological polar surface area (TPSA) is 20.2 Å². The Kier molecular flexibility index (Phi) is 3.27. The highest BCUT2D eigenvalue weighted by Gasteiger charge is 2.32. The van der Waals surface area contributed by atoms with E-state index in [0.29, 0.717) is 0 Å². The van der Waals surface area contributed by atoms with Gasteiger partial charge < -0.3 is 5.11 Å². The second kappa shape index (κ2) is 4.38. The first-order valence-corrected chi connectivity index (χ1v) is 6.41. The van der Waals surface area contributed by atoms with Crippen molar-refractivity contribution < 1.29 is 5.11 Å². The Morgan fingerprint density at radius 1 is 1.06 bits per heavy atom. The Labute approximate surface area is 102 Å². The summed E-state index contributed by atoms with van der Waals surface area (Å²) in [4.78, 5) is 0. The third kappa shape index (κ3) is 1.99. The van der Waals surface area contributed by atoms with Crippen LogP contribution in [-0.2, 0) is 5.60 Å². The van der Waals surface area contributed by atoms with Crippen molar-refractivity contribution in [3.05, 3.63) is 33.8 Å². The van der Waals surface area contributed by atoms with Gasteiger partial charge in [-0.2, -0.15) is 0 Å². The van der Waals surface area contributed by atoms with Gasteiger partial charge in [-0.15, -0.1) is 0 Å². The van der Waals surface area contributed by atoms with Gasteiger partial charge >= 0.3 is 0 Å². The van der Waals surface area contributed by atoms with Crippen molar-refractivity contribution in [1.82, 2.24) is 0 Å². The number of benzene rings is 1. The quantitative estimate of drug-likeness (QED) is 0.781. The summed E-state index contributed by atoms with van der Waals surface area (Å²) in [6.07, 6.45) is 5.26. The first-order valence-electron chi connectivity index (χ1n) is 6.03. The third-order valence-corrected chi connectivity index (χ3v) is 4.31. The van der Waals surface area contributed by atoms with E-state index in [1.165, 1.54) is 6.42 Å². The summed E-state index contributed by atoms with van der Waals surface area (Å²) in [5.74, 6) is 0. The minimum Gasteiger partial charge on any atom is -0.385 e. The van der Waals surface area contributed by atoms with E-state index in [4.69, 9.17) is 11.6 Å². The molecule has 1 aromatic rings. The van der Waals surface area contributed by atoms with Crippen LogP contribution >= 0.6 is 11.6 Å². The number of rotatable bonds is 1. The van der Waals surface area contributed by atoms with Gasteiger partial charge in [0.15, 0.2) is 0 Å². The van der Waals surface area contributed by atoms with Gasteiger partial charge in [-0.25, -0.2) is 0 Å². The molecule has 0 aliphatic heterocycles. The van der Waals surface area contributed by atoms with Crippen LogP contribution in [0.25, 0.3) is 0 Å². The van der Waals surface area contributed by atoms with Crippen LogP contribution in [0.2, 0.25) is 5.02 Å². The standard InChI is InChI=1S/C14H19ClO/c1-10-11(2)13(15)7-6-12(10)14(16)8-4-3-5-9-14/h6-7,16H,3-5,8-9H2,1-2H3. The molecule has 1 aliphatic rings. The zero-order chi connectivity index (χ0) is 11.8. The summed E-state index contributed by atoms with van der Waals surface area (Å²) in [7, 11) is 0. The van der Waals surface area contributed by atoms with Crippen LogP contribution in [0.15, 0.2) is 12.1 Å². The first-order chi connectivity index (χ1) is 7.54. The van der Waals surface area contributed by atoms with Crippen molar-refractivity contribution in [3.63, 3.8) is 0 Å². The summed E-state index contributed by atoms with van der Waals surface area (Å²) in [5, 5.41) is 11.5. The first kappa shape index (κ1) is 11.9. The molecule has 1 N–H and O–H groups in total. The van der Waals surface area contributed by atoms with E-state index in [0.717, 1.165) is 47.4 Å². The van der Waals surface area contributed by atoms with Crippen LogP contribution < -0.4 is 0 Å². The van der Waals surface area contributed by atoms with E-state index in [1.807, 2.05) is 19.1 Å². The fourth-order valence-corrected chi connectivity index (χ4v) is 2.90. The van der Waals surface area contributed by atoms with Gasteiger partial charge in [-0.3, -0.25) is 0 Å². The number of halogens is 1. The molecule has 1 nitrogen and oxygen atoms in total. The lowest BCUT2D eigenvalue weighted by Gasteiger charge is -2.34. The van der Waals surface area contributed by atoms with Crippen molar-refractivity contribution in [3.8, 4) is 0 Å². The Morgan fingerprint density at radius 2 is 1.69 bits per heavy atom. The highest BCUT2D eigenvalue weighted by atomic mass is 35.5. The fourth-order valence-electron chi connectivity index (χ4n) is 2.70. The molecule has 0 aromatic heterocycles. The van der Waals surface area contributed by atoms with Crippen molar-refractivity contribution in [2.24, 2.45) is 0 Å². The molecule has 0 unspecified atom stereocenters. The van der Waals surface area contributed by atoms with Crippen LogP contribution in [0.5, 0.6) is 0 Å². The van der Waals surface area contributed by atoms with E-state index in [-0.39, 0.29) is 0 Å². The fraction of sp³-hybridized carbons (Fsp3) is 0.571. The van der Waals surface area contributed by atoms with E-state index >= 15 is 0 Å². The summed E-state index contributed by atoms with van der Waals surface area (Å²) in [5.41, 5.74) is 2.71. The van der Waals surface area contributed by atoms with Gasteiger partial charge in [0, 0.05) is 5.02 Å². The molecule has 0 saturated heterocycles. The molecule has 1 fully saturated rings. The Bertz CT molecular complexity index is 392. The maximum Gasteiger partial charge on any atom is 0.0899 e. The molecule has 0 heterocycles. The second-order valence-corrected chi connectivity index (χ2v) is 5.34. The lowest BCUT2D eigenvalue weighted by atomic mass is 9.77. The minimum absolute atomic E-state index is 0.613. The largest absolute Gasteiger partial charge is 0.385 e. The molecule has 0 amide bonds. The molecule has 2 heteroatoms. The highest BCUT2D eigenvalue weighted by Crippen LogP contribution is 2.39. The Hall–Kier alpha value is -0.530. The monoisotopic (exact) mass is 238 g/mol. The van der Waals surface area contributed by atoms with Gasteiger partial charge in [0.05, 0.1) is 5.60 Å². The molecular weight excluding hydrogens is 220 g/mol. The van der Waals surface area contributed by atoms with E-state index in [2.05, 4.69) is 6.92 Å². The summed E-state index contributed by atoms with van der Waals surface area (Å²) >= 11 is 6.09. The molecule has 88 valence electrons. The minimum atomic E-state index is -0.613. The maximum atomic E-state index is 10.7. The predicted octanol–water partition coefficient (Wildman–Crippen LogP) is 4.11. The van der Waals surface area contributed by atoms with Crippen LogP contribution in [0, 0.1) is 13.8 Å². The second-order valence-electron chi connectivity index (χ2n) is 4.94. The molecule has 2 rings (SSSR count). The lowest BCUT2D eigenvalue weighted by Crippen LogP contribution is -2.29. The van der Waals surface area contributed by atoms with Gasteiger partial charge in [0.25, 0.3) is 0 Å². The van der Waals surface area contributed by atoms with Crippen LogP contribution in [0.4, 0.5) is 0 Å². The number of hydrogen-bond donors (Lipinski definition) is 1. The molecule has 1 aliphatic carbocycles. The van der Waals surface area contributed by atoms with Crippen molar-refractivity contribution in [2.75, 3.05) is 0 Å². The molecule has 0 radical (unpaired) electrons. The van der Waals surface area contributed by atoms with Crippen molar-refractivity contribution in [1.29, 1.82) is 0 Å². The van der Waals surface area contributed by atoms with Crippen molar-refractivity contribution in [2.45, 2.75) is 51.6 Å². The molecule has 0 atom stereocenters. The van der Waals surface area contributed by atoms with Crippen LogP contribution in [0.3, 0.4) is 0 Å². The predicted molar refractivity (Wildman–Crippen MR) is 67.9 cm³/mol. The normalized spacial score (nSPS) is 19.8. The Balaban J connectivity index is 2.43. The zero-order valence-electron chi connectivity index (χ0n) is 10.0. The summed E-state index contributed by atoms with van der Waals surface area (Å²) in [6, 6.07) is 3.90. The van der Waals surface area contributed by atoms with Crippen LogP contribution in [-0.4, -0.2) is 5.11 Å². The molecule has 16 heavy (non-hydrogen) atoms. The maximum absolute atomic E-state index is 10.7. The average molecular weight is 239 g/mol. The lowest BCUT2D eigenvalue weighted by molar-refractivity contribution is -0.00122. The van der Waals surface area contributed by atoms with Gasteiger partial charge in [-0.1, -0.05) is 36.9 Å². The number of hydrogen-bond acceptors (Lipinski definition) is 1. The summed E-state index contributed by atoms with van der Waals surface area (Å²) in [6.45, 7) is 4.08. The molecule has 1 saturated carbocycles. The average Bonchev–Trinajstić information content (AvgIpc) is 2.27. The summed E-state index contributed by atoms with van der Waals surface area (Å²) < 4.78 is 0. The molecule has 1 aromatic carbocycles. The smallest absolute Gasteiger partial charge is 0.0899 e. The van der Waals surface area contributed by atoms with Crippen LogP contribution in [0.1, 0.15) is 48.8 Å². The number of aliphatic hydroxyl groups is 1. The highest BCUT2D eigenvalue weighted by molar-refractivity contribution is 6.31. The third-order valence-electron chi connectivity index (χ3n) is 3.90. The molecule has 0 bridgehead atoms. The van der Waals surface area contributed by atoms with E-state index in [1.54, 1.807) is 0 Å². The van der Waals surface area contributed by atoms with Gasteiger partial charge in [-0.05, 0) is 49.4 Å². The molecular formula is C14H19ClO. The van der Waals surface area contributed by atoms with E-state index < -0.39 is 5.60 Å². The SMILES string of the molecule is Cc1c(Cl)ccc(C2(O)CCCCC2)c1C. The van der Waals surface area contributed by atoms with Gasteiger partial charge in [0.1, 0.15) is 0 Å². The van der Waals surface area contributed by atoms with Crippen molar-refractivity contribution >= 4 is 11.6 Å².